The number of fused-ring (bicyclic) bond motifs is 1. The van der Waals surface area contributed by atoms with E-state index >= 15 is 0 Å². The molecule has 2 aromatic rings. The van der Waals surface area contributed by atoms with Gasteiger partial charge in [-0.1, -0.05) is 71.4 Å². The fraction of sp³-hybridized carbons (Fsp3) is 0.679. The summed E-state index contributed by atoms with van der Waals surface area (Å²) in [4.78, 5) is 33.7. The number of anilines is 1. The van der Waals surface area contributed by atoms with E-state index in [0.29, 0.717) is 23.9 Å². The second-order valence-electron chi connectivity index (χ2n) is 10.3. The lowest BCUT2D eigenvalue weighted by molar-refractivity contribution is -0.264. The normalized spacial score (nSPS) is 19.6. The number of imidazole rings is 1. The number of unbranched alkanes of at least 4 members (excludes halogenated alkanes) is 8. The first-order valence-electron chi connectivity index (χ1n) is 13.9. The molecule has 2 aromatic heterocycles. The summed E-state index contributed by atoms with van der Waals surface area (Å²) in [7, 11) is 0. The van der Waals surface area contributed by atoms with E-state index in [0.717, 1.165) is 63.4 Å². The lowest BCUT2D eigenvalue weighted by Gasteiger charge is -2.17. The van der Waals surface area contributed by atoms with Gasteiger partial charge in [0.15, 0.2) is 11.2 Å². The third-order valence-corrected chi connectivity index (χ3v) is 7.52. The van der Waals surface area contributed by atoms with Gasteiger partial charge in [-0.25, -0.2) is 4.98 Å². The maximum absolute atomic E-state index is 12.1. The molecule has 0 bridgehead atoms. The number of nitrogens with zero attached hydrogens (tertiary/aromatic N) is 3. The fourth-order valence-electron chi connectivity index (χ4n) is 5.39. The van der Waals surface area contributed by atoms with Crippen molar-refractivity contribution in [3.05, 3.63) is 41.2 Å². The van der Waals surface area contributed by atoms with Crippen molar-refractivity contribution in [1.82, 2.24) is 19.5 Å². The number of H-pyrrole nitrogens is 1. The molecule has 0 amide bonds. The number of nitrogen functional groups attached to an aromatic ring is 1. The zero-order chi connectivity index (χ0) is 26.6. The van der Waals surface area contributed by atoms with Crippen LogP contribution in [-0.2, 0) is 9.78 Å². The molecule has 0 radical (unpaired) electrons. The molecule has 1 aliphatic carbocycles. The average molecular weight is 516 g/mol. The Balaban J connectivity index is 1.33. The Morgan fingerprint density at radius 2 is 1.92 bits per heavy atom. The number of allylic oxidation sites excluding steroid dienone is 1. The first-order valence-corrected chi connectivity index (χ1v) is 13.9. The lowest BCUT2D eigenvalue weighted by Crippen LogP contribution is -2.15. The first kappa shape index (κ1) is 28.9. The molecule has 206 valence electrons. The van der Waals surface area contributed by atoms with Gasteiger partial charge in [-0.05, 0) is 37.2 Å². The minimum atomic E-state index is -0.347. The van der Waals surface area contributed by atoms with Crippen molar-refractivity contribution in [2.75, 3.05) is 18.9 Å². The van der Waals surface area contributed by atoms with Gasteiger partial charge in [-0.15, -0.1) is 0 Å². The Bertz CT molecular complexity index is 1060. The number of hydrogen-bond donors (Lipinski definition) is 3. The number of hydrogen-bond acceptors (Lipinski definition) is 7. The zero-order valence-electron chi connectivity index (χ0n) is 22.4. The molecule has 0 aromatic carbocycles. The molecule has 0 spiro atoms. The number of aliphatic hydroxyl groups excluding tert-OH is 1. The Morgan fingerprint density at radius 3 is 2.70 bits per heavy atom. The van der Waals surface area contributed by atoms with Crippen LogP contribution in [0.1, 0.15) is 96.4 Å². The maximum atomic E-state index is 12.1. The minimum absolute atomic E-state index is 0.0360. The number of rotatable bonds is 18. The topological polar surface area (TPSA) is 128 Å². The fourth-order valence-corrected chi connectivity index (χ4v) is 5.39. The molecule has 4 N–H and O–H groups in total. The van der Waals surface area contributed by atoms with Crippen LogP contribution in [0.4, 0.5) is 5.95 Å². The Morgan fingerprint density at radius 1 is 1.19 bits per heavy atom. The molecule has 3 rings (SSSR count). The molecular weight excluding hydrogens is 470 g/mol. The average Bonchev–Trinajstić information content (AvgIpc) is 3.43. The molecule has 9 heteroatoms. The van der Waals surface area contributed by atoms with Crippen LogP contribution < -0.4 is 11.3 Å². The molecular formula is C28H45N5O4. The van der Waals surface area contributed by atoms with Gasteiger partial charge in [0.25, 0.3) is 5.56 Å². The number of aromatic nitrogens is 4. The Labute approximate surface area is 220 Å². The van der Waals surface area contributed by atoms with Gasteiger partial charge in [-0.3, -0.25) is 9.78 Å². The van der Waals surface area contributed by atoms with E-state index in [-0.39, 0.29) is 35.6 Å². The van der Waals surface area contributed by atoms with Crippen LogP contribution >= 0.6 is 0 Å². The summed E-state index contributed by atoms with van der Waals surface area (Å²) in [6.45, 7) is 11.2. The lowest BCUT2D eigenvalue weighted by atomic mass is 9.90. The first-order chi connectivity index (χ1) is 18.0. The highest BCUT2D eigenvalue weighted by atomic mass is 17.2. The number of aliphatic hydroxyl groups is 1. The van der Waals surface area contributed by atoms with Crippen LogP contribution in [0.5, 0.6) is 0 Å². The van der Waals surface area contributed by atoms with Crippen LogP contribution in [0.3, 0.4) is 0 Å². The molecule has 0 unspecified atom stereocenters. The molecule has 1 saturated carbocycles. The van der Waals surface area contributed by atoms with E-state index in [1.807, 2.05) is 4.57 Å². The van der Waals surface area contributed by atoms with Gasteiger partial charge < -0.3 is 20.3 Å². The molecule has 3 atom stereocenters. The summed E-state index contributed by atoms with van der Waals surface area (Å²) < 4.78 is 1.89. The van der Waals surface area contributed by atoms with Gasteiger partial charge in [-0.2, -0.15) is 9.87 Å². The largest absolute Gasteiger partial charge is 0.396 e. The summed E-state index contributed by atoms with van der Waals surface area (Å²) in [5.41, 5.74) is 7.11. The summed E-state index contributed by atoms with van der Waals surface area (Å²) in [5.74, 6) is 1.15. The number of nitrogens with one attached hydrogen (secondary N) is 1. The zero-order valence-corrected chi connectivity index (χ0v) is 22.4. The van der Waals surface area contributed by atoms with Crippen LogP contribution in [0.25, 0.3) is 11.2 Å². The SMILES string of the molecule is C=C(CCCCCCC[C@H]1C[C@H](n2cnc3c(=O)[nH]c(N)nc32)C(=C)[C@@H]1CO)OOCCCCCCC. The minimum Gasteiger partial charge on any atom is -0.396 e. The van der Waals surface area contributed by atoms with Crippen molar-refractivity contribution in [2.45, 2.75) is 96.4 Å². The third kappa shape index (κ3) is 8.17. The van der Waals surface area contributed by atoms with E-state index in [1.54, 1.807) is 6.33 Å². The van der Waals surface area contributed by atoms with Crippen molar-refractivity contribution in [3.8, 4) is 0 Å². The van der Waals surface area contributed by atoms with Crippen LogP contribution in [0.2, 0.25) is 0 Å². The molecule has 0 saturated heterocycles. The van der Waals surface area contributed by atoms with Gasteiger partial charge in [0.2, 0.25) is 5.95 Å². The van der Waals surface area contributed by atoms with E-state index in [1.165, 1.54) is 25.7 Å². The van der Waals surface area contributed by atoms with Crippen LogP contribution in [0, 0.1) is 11.8 Å². The highest BCUT2D eigenvalue weighted by molar-refractivity contribution is 5.70. The highest BCUT2D eigenvalue weighted by Gasteiger charge is 2.38. The number of aromatic amines is 1. The predicted molar refractivity (Wildman–Crippen MR) is 147 cm³/mol. The molecule has 1 fully saturated rings. The van der Waals surface area contributed by atoms with E-state index < -0.39 is 0 Å². The Kier molecular flexibility index (Phi) is 11.7. The molecule has 9 nitrogen and oxygen atoms in total. The van der Waals surface area contributed by atoms with Gasteiger partial charge >= 0.3 is 0 Å². The van der Waals surface area contributed by atoms with E-state index in [9.17, 15) is 9.90 Å². The number of nitrogens with two attached hydrogens (primary N) is 1. The van der Waals surface area contributed by atoms with Crippen molar-refractivity contribution in [2.24, 2.45) is 11.8 Å². The van der Waals surface area contributed by atoms with Crippen LogP contribution in [0.15, 0.2) is 35.6 Å². The molecule has 1 aliphatic rings. The Hall–Kier alpha value is -2.65. The summed E-state index contributed by atoms with van der Waals surface area (Å²) in [6, 6.07) is -0.0505. The second kappa shape index (κ2) is 14.9. The van der Waals surface area contributed by atoms with Crippen molar-refractivity contribution >= 4 is 17.1 Å². The summed E-state index contributed by atoms with van der Waals surface area (Å²) in [5, 5.41) is 10.1. The van der Waals surface area contributed by atoms with Gasteiger partial charge in [0.1, 0.15) is 5.76 Å². The van der Waals surface area contributed by atoms with E-state index in [4.69, 9.17) is 15.5 Å². The summed E-state index contributed by atoms with van der Waals surface area (Å²) >= 11 is 0. The quantitative estimate of drug-likeness (QED) is 0.0776. The predicted octanol–water partition coefficient (Wildman–Crippen LogP) is 5.59. The smallest absolute Gasteiger partial charge is 0.280 e. The van der Waals surface area contributed by atoms with Crippen molar-refractivity contribution < 1.29 is 14.9 Å². The highest BCUT2D eigenvalue weighted by Crippen LogP contribution is 2.45. The van der Waals surface area contributed by atoms with Crippen molar-refractivity contribution in [3.63, 3.8) is 0 Å². The molecule has 37 heavy (non-hydrogen) atoms. The van der Waals surface area contributed by atoms with Gasteiger partial charge in [0, 0.05) is 18.9 Å². The maximum Gasteiger partial charge on any atom is 0.280 e. The monoisotopic (exact) mass is 515 g/mol. The van der Waals surface area contributed by atoms with E-state index in [2.05, 4.69) is 35.0 Å². The van der Waals surface area contributed by atoms with Crippen LogP contribution in [-0.4, -0.2) is 37.8 Å². The molecule has 2 heterocycles. The van der Waals surface area contributed by atoms with Crippen molar-refractivity contribution in [1.29, 1.82) is 0 Å². The second-order valence-corrected chi connectivity index (χ2v) is 10.3. The van der Waals surface area contributed by atoms with Gasteiger partial charge in [0.05, 0.1) is 19.0 Å². The third-order valence-electron chi connectivity index (χ3n) is 7.52. The molecule has 0 aliphatic heterocycles. The standard InChI is InChI=1S/C28H45N5O4/c1-4-5-6-10-13-16-36-37-20(2)14-11-8-7-9-12-15-22-17-24(21(3)23(22)18-34)33-19-30-25-26(33)31-28(29)32-27(25)35/h19,22-24,34H,2-18H2,1H3,(H3,29,31,32,35)/t22-,23-,24-/m0/s1. The summed E-state index contributed by atoms with van der Waals surface area (Å²) in [6.07, 6.45) is 15.9.